The van der Waals surface area contributed by atoms with E-state index in [0.29, 0.717) is 18.5 Å². The number of allylic oxidation sites excluding steroid dienone is 10. The summed E-state index contributed by atoms with van der Waals surface area (Å²) in [4.78, 5) is 27.4. The van der Waals surface area contributed by atoms with Gasteiger partial charge in [0.05, 0.1) is 12.1 Å². The molecule has 0 aliphatic heterocycles. The topological polar surface area (TPSA) is 68.3 Å². The number of unbranched alkanes of at least 4 members (excludes halogenated alkanes) is 1. The van der Waals surface area contributed by atoms with Crippen molar-refractivity contribution in [3.8, 4) is 0 Å². The number of esters is 1. The molecule has 0 aromatic carbocycles. The Morgan fingerprint density at radius 3 is 2.09 bits per heavy atom. The molecule has 0 fully saturated rings. The maximum absolute atomic E-state index is 11.8. The molecule has 0 radical (unpaired) electrons. The lowest BCUT2D eigenvalue weighted by molar-refractivity contribution is -0.121. The Balaban J connectivity index is 1.95. The SMILES string of the molecule is CCC=CCC=CCC=CCC=CCC=CCCCC(=O)NCCOC(=O)c1cccnc1. The lowest BCUT2D eigenvalue weighted by Gasteiger charge is -2.06. The third-order valence-corrected chi connectivity index (χ3v) is 4.49. The number of amides is 1. The summed E-state index contributed by atoms with van der Waals surface area (Å²) < 4.78 is 5.10. The van der Waals surface area contributed by atoms with Crippen molar-refractivity contribution < 1.29 is 14.3 Å². The predicted molar refractivity (Wildman–Crippen MR) is 136 cm³/mol. The summed E-state index contributed by atoms with van der Waals surface area (Å²) in [6, 6.07) is 3.32. The molecule has 1 rings (SSSR count). The molecule has 0 aliphatic rings. The molecule has 0 spiro atoms. The van der Waals surface area contributed by atoms with Gasteiger partial charge in [0, 0.05) is 18.8 Å². The van der Waals surface area contributed by atoms with Gasteiger partial charge in [-0.05, 0) is 57.1 Å². The van der Waals surface area contributed by atoms with Crippen molar-refractivity contribution in [2.45, 2.75) is 58.3 Å². The van der Waals surface area contributed by atoms with Crippen LogP contribution in [-0.2, 0) is 9.53 Å². The van der Waals surface area contributed by atoms with Gasteiger partial charge >= 0.3 is 5.97 Å². The predicted octanol–water partition coefficient (Wildman–Crippen LogP) is 6.28. The number of pyridine rings is 1. The molecule has 5 nitrogen and oxygen atoms in total. The van der Waals surface area contributed by atoms with Crippen LogP contribution in [-0.4, -0.2) is 30.0 Å². The Hall–Kier alpha value is -3.21. The van der Waals surface area contributed by atoms with Gasteiger partial charge in [0.1, 0.15) is 6.61 Å². The maximum atomic E-state index is 11.8. The van der Waals surface area contributed by atoms with Crippen molar-refractivity contribution >= 4 is 11.9 Å². The molecule has 0 atom stereocenters. The van der Waals surface area contributed by atoms with Crippen molar-refractivity contribution in [3.05, 3.63) is 90.9 Å². The summed E-state index contributed by atoms with van der Waals surface area (Å²) >= 11 is 0. The Bertz CT molecular complexity index is 793. The lowest BCUT2D eigenvalue weighted by atomic mass is 10.2. The summed E-state index contributed by atoms with van der Waals surface area (Å²) in [5.41, 5.74) is 0.404. The zero-order chi connectivity index (χ0) is 23.8. The second kappa shape index (κ2) is 20.7. The number of nitrogens with zero attached hydrogens (tertiary/aromatic N) is 1. The minimum absolute atomic E-state index is 0.0280. The third-order valence-electron chi connectivity index (χ3n) is 4.49. The highest BCUT2D eigenvalue weighted by atomic mass is 16.5. The zero-order valence-corrected chi connectivity index (χ0v) is 19.8. The summed E-state index contributed by atoms with van der Waals surface area (Å²) in [5.74, 6) is -0.462. The second-order valence-corrected chi connectivity index (χ2v) is 7.33. The number of nitrogens with one attached hydrogen (secondary N) is 1. The molecule has 0 saturated heterocycles. The monoisotopic (exact) mass is 450 g/mol. The first kappa shape index (κ1) is 27.8. The number of hydrogen-bond acceptors (Lipinski definition) is 4. The fourth-order valence-electron chi connectivity index (χ4n) is 2.74. The first-order valence-corrected chi connectivity index (χ1v) is 11.8. The second-order valence-electron chi connectivity index (χ2n) is 7.33. The quantitative estimate of drug-likeness (QED) is 0.172. The summed E-state index contributed by atoms with van der Waals surface area (Å²) in [7, 11) is 0. The van der Waals surface area contributed by atoms with Gasteiger partial charge in [-0.15, -0.1) is 0 Å². The van der Waals surface area contributed by atoms with Crippen LogP contribution in [0.15, 0.2) is 85.3 Å². The number of rotatable bonds is 17. The molecule has 0 unspecified atom stereocenters. The minimum Gasteiger partial charge on any atom is -0.460 e. The average molecular weight is 451 g/mol. The minimum atomic E-state index is -0.434. The average Bonchev–Trinajstić information content (AvgIpc) is 2.84. The molecular formula is C28H38N2O3. The first-order valence-electron chi connectivity index (χ1n) is 11.8. The van der Waals surface area contributed by atoms with E-state index < -0.39 is 5.97 Å². The molecule has 178 valence electrons. The van der Waals surface area contributed by atoms with Crippen LogP contribution in [0.2, 0.25) is 0 Å². The molecule has 33 heavy (non-hydrogen) atoms. The van der Waals surface area contributed by atoms with Gasteiger partial charge in [-0.1, -0.05) is 67.7 Å². The van der Waals surface area contributed by atoms with Crippen molar-refractivity contribution in [1.82, 2.24) is 10.3 Å². The summed E-state index contributed by atoms with van der Waals surface area (Å²) in [6.07, 6.45) is 31.9. The van der Waals surface area contributed by atoms with E-state index in [2.05, 4.69) is 78.0 Å². The Kier molecular flexibility index (Phi) is 17.4. The molecule has 1 heterocycles. The van der Waals surface area contributed by atoms with E-state index in [1.165, 1.54) is 6.20 Å². The van der Waals surface area contributed by atoms with Gasteiger partial charge in [0.2, 0.25) is 5.91 Å². The number of ether oxygens (including phenoxy) is 1. The highest BCUT2D eigenvalue weighted by Crippen LogP contribution is 2.00. The van der Waals surface area contributed by atoms with E-state index in [9.17, 15) is 9.59 Å². The van der Waals surface area contributed by atoms with E-state index in [-0.39, 0.29) is 12.5 Å². The summed E-state index contributed by atoms with van der Waals surface area (Å²) in [5, 5.41) is 2.76. The fraction of sp³-hybridized carbons (Fsp3) is 0.393. The Morgan fingerprint density at radius 2 is 1.52 bits per heavy atom. The molecular weight excluding hydrogens is 412 g/mol. The highest BCUT2D eigenvalue weighted by molar-refractivity contribution is 5.88. The van der Waals surface area contributed by atoms with E-state index in [1.807, 2.05) is 0 Å². The van der Waals surface area contributed by atoms with Crippen LogP contribution in [0, 0.1) is 0 Å². The van der Waals surface area contributed by atoms with E-state index in [1.54, 1.807) is 18.3 Å². The summed E-state index contributed by atoms with van der Waals surface area (Å²) in [6.45, 7) is 2.60. The molecule has 0 aliphatic carbocycles. The van der Waals surface area contributed by atoms with Gasteiger partial charge in [0.25, 0.3) is 0 Å². The zero-order valence-electron chi connectivity index (χ0n) is 19.8. The standard InChI is InChI=1S/C28H38N2O3/c1-2-3-4-5-6-7-8-9-10-11-12-13-14-15-16-17-18-21-27(31)30-23-24-33-28(32)26-20-19-22-29-25-26/h3-4,6-7,9-10,12-13,15-16,19-20,22,25H,2,5,8,11,14,17-18,21,23-24H2,1H3,(H,30,31). The van der Waals surface area contributed by atoms with E-state index >= 15 is 0 Å². The number of carbonyl (C=O) groups excluding carboxylic acids is 2. The molecule has 1 aromatic rings. The fourth-order valence-corrected chi connectivity index (χ4v) is 2.74. The Labute approximate surface area is 199 Å². The van der Waals surface area contributed by atoms with Gasteiger partial charge in [-0.3, -0.25) is 9.78 Å². The van der Waals surface area contributed by atoms with Gasteiger partial charge in [-0.25, -0.2) is 4.79 Å². The van der Waals surface area contributed by atoms with Crippen LogP contribution in [0.4, 0.5) is 0 Å². The molecule has 0 bridgehead atoms. The first-order chi connectivity index (χ1) is 16.2. The van der Waals surface area contributed by atoms with Crippen LogP contribution >= 0.6 is 0 Å². The molecule has 1 N–H and O–H groups in total. The van der Waals surface area contributed by atoms with Gasteiger partial charge < -0.3 is 10.1 Å². The van der Waals surface area contributed by atoms with E-state index in [0.717, 1.165) is 44.9 Å². The van der Waals surface area contributed by atoms with Crippen molar-refractivity contribution in [2.24, 2.45) is 0 Å². The maximum Gasteiger partial charge on any atom is 0.339 e. The molecule has 1 amide bonds. The normalized spacial score (nSPS) is 12.0. The molecule has 0 saturated carbocycles. The Morgan fingerprint density at radius 1 is 0.909 bits per heavy atom. The smallest absolute Gasteiger partial charge is 0.339 e. The van der Waals surface area contributed by atoms with Crippen LogP contribution in [0.5, 0.6) is 0 Å². The largest absolute Gasteiger partial charge is 0.460 e. The van der Waals surface area contributed by atoms with Gasteiger partial charge in [0.15, 0.2) is 0 Å². The van der Waals surface area contributed by atoms with Crippen LogP contribution in [0.25, 0.3) is 0 Å². The number of aromatic nitrogens is 1. The third kappa shape index (κ3) is 17.1. The van der Waals surface area contributed by atoms with Crippen LogP contribution < -0.4 is 5.32 Å². The number of hydrogen-bond donors (Lipinski definition) is 1. The van der Waals surface area contributed by atoms with Gasteiger partial charge in [-0.2, -0.15) is 0 Å². The molecule has 1 aromatic heterocycles. The van der Waals surface area contributed by atoms with Crippen LogP contribution in [0.1, 0.15) is 68.6 Å². The van der Waals surface area contributed by atoms with Crippen molar-refractivity contribution in [2.75, 3.05) is 13.2 Å². The lowest BCUT2D eigenvalue weighted by Crippen LogP contribution is -2.27. The molecule has 5 heteroatoms. The van der Waals surface area contributed by atoms with Crippen molar-refractivity contribution in [1.29, 1.82) is 0 Å². The number of carbonyl (C=O) groups is 2. The van der Waals surface area contributed by atoms with Crippen LogP contribution in [0.3, 0.4) is 0 Å². The van der Waals surface area contributed by atoms with Crippen molar-refractivity contribution in [3.63, 3.8) is 0 Å². The van der Waals surface area contributed by atoms with E-state index in [4.69, 9.17) is 4.74 Å². The highest BCUT2D eigenvalue weighted by Gasteiger charge is 2.06.